The van der Waals surface area contributed by atoms with E-state index in [9.17, 15) is 0 Å². The summed E-state index contributed by atoms with van der Waals surface area (Å²) in [5.41, 5.74) is 8.17. The van der Waals surface area contributed by atoms with Crippen LogP contribution in [-0.4, -0.2) is 23.2 Å². The van der Waals surface area contributed by atoms with Crippen molar-refractivity contribution in [2.24, 2.45) is 5.73 Å². The van der Waals surface area contributed by atoms with E-state index in [2.05, 4.69) is 9.97 Å². The number of benzene rings is 1. The van der Waals surface area contributed by atoms with Gasteiger partial charge in [0.05, 0.1) is 17.4 Å². The molecular weight excluding hydrogens is 266 g/mol. The van der Waals surface area contributed by atoms with Gasteiger partial charge in [0, 0.05) is 5.56 Å². The molecule has 1 saturated carbocycles. The Morgan fingerprint density at radius 3 is 2.67 bits per heavy atom. The summed E-state index contributed by atoms with van der Waals surface area (Å²) in [5, 5.41) is 0. The number of H-pyrrole nitrogens is 1. The SMILES string of the molecule is NC1(c2ncc(-c3ccc4c(c3)OCCO4)[nH]2)CCCC1. The molecule has 1 aromatic carbocycles. The Kier molecular flexibility index (Phi) is 2.89. The quantitative estimate of drug-likeness (QED) is 0.889. The van der Waals surface area contributed by atoms with E-state index in [0.717, 1.165) is 41.4 Å². The third kappa shape index (κ3) is 2.17. The fourth-order valence-electron chi connectivity index (χ4n) is 3.17. The number of aromatic amines is 1. The second-order valence-electron chi connectivity index (χ2n) is 5.87. The van der Waals surface area contributed by atoms with Crippen molar-refractivity contribution in [3.8, 4) is 22.8 Å². The number of rotatable bonds is 2. The molecule has 0 bridgehead atoms. The average molecular weight is 285 g/mol. The van der Waals surface area contributed by atoms with Crippen molar-refractivity contribution >= 4 is 0 Å². The Hall–Kier alpha value is -2.01. The molecule has 0 saturated heterocycles. The molecule has 2 aliphatic rings. The Bertz CT molecular complexity index is 659. The molecule has 0 amide bonds. The molecule has 0 unspecified atom stereocenters. The number of nitrogens with two attached hydrogens (primary N) is 1. The standard InChI is InChI=1S/C16H19N3O2/c17-16(5-1-2-6-16)15-18-10-12(19-15)11-3-4-13-14(9-11)21-8-7-20-13/h3-4,9-10H,1-2,5-8,17H2,(H,18,19). The van der Waals surface area contributed by atoms with Gasteiger partial charge in [0.15, 0.2) is 11.5 Å². The van der Waals surface area contributed by atoms with Crippen LogP contribution in [0.2, 0.25) is 0 Å². The molecule has 0 radical (unpaired) electrons. The van der Waals surface area contributed by atoms with E-state index in [0.29, 0.717) is 13.2 Å². The van der Waals surface area contributed by atoms with Crippen molar-refractivity contribution in [2.45, 2.75) is 31.2 Å². The maximum absolute atomic E-state index is 6.44. The number of aromatic nitrogens is 2. The second kappa shape index (κ2) is 4.77. The van der Waals surface area contributed by atoms with E-state index < -0.39 is 0 Å². The summed E-state index contributed by atoms with van der Waals surface area (Å²) in [6.45, 7) is 1.20. The zero-order valence-corrected chi connectivity index (χ0v) is 11.9. The maximum atomic E-state index is 6.44. The van der Waals surface area contributed by atoms with E-state index in [-0.39, 0.29) is 5.54 Å². The first-order valence-corrected chi connectivity index (χ1v) is 7.49. The van der Waals surface area contributed by atoms with E-state index in [4.69, 9.17) is 15.2 Å². The number of fused-ring (bicyclic) bond motifs is 1. The lowest BCUT2D eigenvalue weighted by Gasteiger charge is -2.20. The summed E-state index contributed by atoms with van der Waals surface area (Å²) in [7, 11) is 0. The molecule has 1 fully saturated rings. The molecule has 0 atom stereocenters. The van der Waals surface area contributed by atoms with E-state index in [1.54, 1.807) is 0 Å². The first kappa shape index (κ1) is 12.7. The zero-order valence-electron chi connectivity index (χ0n) is 11.9. The highest BCUT2D eigenvalue weighted by Crippen LogP contribution is 2.37. The lowest BCUT2D eigenvalue weighted by molar-refractivity contribution is 0.171. The third-order valence-corrected chi connectivity index (χ3v) is 4.40. The van der Waals surface area contributed by atoms with Crippen LogP contribution >= 0.6 is 0 Å². The normalized spacial score (nSPS) is 19.7. The van der Waals surface area contributed by atoms with Crippen molar-refractivity contribution in [3.63, 3.8) is 0 Å². The summed E-state index contributed by atoms with van der Waals surface area (Å²) in [5.74, 6) is 2.49. The van der Waals surface area contributed by atoms with Crippen LogP contribution in [0.3, 0.4) is 0 Å². The molecule has 5 heteroatoms. The summed E-state index contributed by atoms with van der Waals surface area (Å²) in [6, 6.07) is 5.95. The van der Waals surface area contributed by atoms with Gasteiger partial charge in [-0.05, 0) is 31.0 Å². The Balaban J connectivity index is 1.66. The second-order valence-corrected chi connectivity index (χ2v) is 5.87. The van der Waals surface area contributed by atoms with Crippen LogP contribution in [-0.2, 0) is 5.54 Å². The number of hydrogen-bond acceptors (Lipinski definition) is 4. The van der Waals surface area contributed by atoms with Crippen LogP contribution in [0, 0.1) is 0 Å². The fourth-order valence-corrected chi connectivity index (χ4v) is 3.17. The van der Waals surface area contributed by atoms with E-state index in [1.807, 2.05) is 24.4 Å². The van der Waals surface area contributed by atoms with Crippen molar-refractivity contribution < 1.29 is 9.47 Å². The lowest BCUT2D eigenvalue weighted by atomic mass is 9.99. The topological polar surface area (TPSA) is 73.2 Å². The monoisotopic (exact) mass is 285 g/mol. The molecule has 3 N–H and O–H groups in total. The number of ether oxygens (including phenoxy) is 2. The van der Waals surface area contributed by atoms with Crippen molar-refractivity contribution in [3.05, 3.63) is 30.2 Å². The van der Waals surface area contributed by atoms with Crippen LogP contribution in [0.1, 0.15) is 31.5 Å². The lowest BCUT2D eigenvalue weighted by Crippen LogP contribution is -2.34. The minimum atomic E-state index is -0.286. The van der Waals surface area contributed by atoms with Gasteiger partial charge in [0.1, 0.15) is 19.0 Å². The Morgan fingerprint density at radius 1 is 1.10 bits per heavy atom. The third-order valence-electron chi connectivity index (χ3n) is 4.40. The van der Waals surface area contributed by atoms with Gasteiger partial charge in [-0.3, -0.25) is 0 Å². The summed E-state index contributed by atoms with van der Waals surface area (Å²) >= 11 is 0. The fraction of sp³-hybridized carbons (Fsp3) is 0.438. The minimum absolute atomic E-state index is 0.286. The highest BCUT2D eigenvalue weighted by molar-refractivity contribution is 5.64. The largest absolute Gasteiger partial charge is 0.486 e. The predicted octanol–water partition coefficient (Wildman–Crippen LogP) is 2.58. The van der Waals surface area contributed by atoms with Gasteiger partial charge in [-0.1, -0.05) is 12.8 Å². The van der Waals surface area contributed by atoms with Crippen LogP contribution in [0.5, 0.6) is 11.5 Å². The highest BCUT2D eigenvalue weighted by atomic mass is 16.6. The molecule has 1 aliphatic heterocycles. The summed E-state index contributed by atoms with van der Waals surface area (Å²) in [6.07, 6.45) is 6.21. The number of hydrogen-bond donors (Lipinski definition) is 2. The maximum Gasteiger partial charge on any atom is 0.162 e. The molecule has 1 aliphatic carbocycles. The first-order valence-electron chi connectivity index (χ1n) is 7.49. The first-order chi connectivity index (χ1) is 10.2. The Labute approximate surface area is 123 Å². The van der Waals surface area contributed by atoms with E-state index >= 15 is 0 Å². The van der Waals surface area contributed by atoms with Crippen LogP contribution < -0.4 is 15.2 Å². The number of imidazole rings is 1. The zero-order chi connectivity index (χ0) is 14.3. The summed E-state index contributed by atoms with van der Waals surface area (Å²) < 4.78 is 11.2. The molecule has 2 heterocycles. The van der Waals surface area contributed by atoms with Gasteiger partial charge in [0.25, 0.3) is 0 Å². The van der Waals surface area contributed by atoms with Gasteiger partial charge >= 0.3 is 0 Å². The molecule has 2 aromatic rings. The molecule has 21 heavy (non-hydrogen) atoms. The molecule has 110 valence electrons. The predicted molar refractivity (Wildman–Crippen MR) is 79.3 cm³/mol. The van der Waals surface area contributed by atoms with Crippen LogP contribution in [0.15, 0.2) is 24.4 Å². The van der Waals surface area contributed by atoms with Gasteiger partial charge in [-0.15, -0.1) is 0 Å². The average Bonchev–Trinajstić information content (AvgIpc) is 3.17. The van der Waals surface area contributed by atoms with Gasteiger partial charge in [-0.2, -0.15) is 0 Å². The van der Waals surface area contributed by atoms with Crippen molar-refractivity contribution in [1.82, 2.24) is 9.97 Å². The number of nitrogens with zero attached hydrogens (tertiary/aromatic N) is 1. The molecular formula is C16H19N3O2. The van der Waals surface area contributed by atoms with E-state index in [1.165, 1.54) is 12.8 Å². The van der Waals surface area contributed by atoms with Crippen LogP contribution in [0.25, 0.3) is 11.3 Å². The highest BCUT2D eigenvalue weighted by Gasteiger charge is 2.34. The summed E-state index contributed by atoms with van der Waals surface area (Å²) in [4.78, 5) is 7.89. The van der Waals surface area contributed by atoms with Crippen molar-refractivity contribution in [1.29, 1.82) is 0 Å². The molecule has 1 aromatic heterocycles. The van der Waals surface area contributed by atoms with Gasteiger partial charge < -0.3 is 20.2 Å². The van der Waals surface area contributed by atoms with Crippen molar-refractivity contribution in [2.75, 3.05) is 13.2 Å². The van der Waals surface area contributed by atoms with Gasteiger partial charge in [0.2, 0.25) is 0 Å². The molecule has 4 rings (SSSR count). The minimum Gasteiger partial charge on any atom is -0.486 e. The molecule has 0 spiro atoms. The smallest absolute Gasteiger partial charge is 0.162 e. The Morgan fingerprint density at radius 2 is 1.86 bits per heavy atom. The molecule has 5 nitrogen and oxygen atoms in total. The number of nitrogens with one attached hydrogen (secondary N) is 1. The van der Waals surface area contributed by atoms with Crippen LogP contribution in [0.4, 0.5) is 0 Å². The van der Waals surface area contributed by atoms with Gasteiger partial charge in [-0.25, -0.2) is 4.98 Å².